The number of rotatable bonds is 4. The lowest BCUT2D eigenvalue weighted by atomic mass is 9.90. The van der Waals surface area contributed by atoms with Crippen LogP contribution in [0.25, 0.3) is 109 Å². The minimum absolute atomic E-state index is 0.662. The van der Waals surface area contributed by atoms with E-state index < -0.39 is 0 Å². The molecule has 0 spiro atoms. The molecule has 1 aliphatic carbocycles. The topological polar surface area (TPSA) is 38.7 Å². The van der Waals surface area contributed by atoms with Gasteiger partial charge in [0.2, 0.25) is 0 Å². The smallest absolute Gasteiger partial charge is 0.164 e. The van der Waals surface area contributed by atoms with E-state index in [-0.39, 0.29) is 0 Å². The van der Waals surface area contributed by atoms with Gasteiger partial charge in [0.05, 0.1) is 0 Å². The van der Waals surface area contributed by atoms with Gasteiger partial charge in [-0.2, -0.15) is 0 Å². The molecule has 11 aromatic rings. The van der Waals surface area contributed by atoms with Crippen LogP contribution in [0.2, 0.25) is 0 Å². The summed E-state index contributed by atoms with van der Waals surface area (Å²) in [7, 11) is 0. The second-order valence-corrected chi connectivity index (χ2v) is 15.8. The number of fused-ring (bicyclic) bond motifs is 12. The molecule has 0 fully saturated rings. The molecule has 3 nitrogen and oxygen atoms in total. The number of benzene rings is 9. The van der Waals surface area contributed by atoms with E-state index in [4.69, 9.17) is 15.0 Å². The zero-order chi connectivity index (χ0) is 36.7. The normalized spacial score (nSPS) is 12.2. The molecule has 2 heterocycles. The maximum Gasteiger partial charge on any atom is 0.164 e. The molecular formula is C52H31N3S. The molecule has 2 aromatic heterocycles. The molecule has 1 aliphatic rings. The van der Waals surface area contributed by atoms with Crippen LogP contribution in [0.4, 0.5) is 0 Å². The van der Waals surface area contributed by atoms with Crippen molar-refractivity contribution in [2.24, 2.45) is 0 Å². The summed E-state index contributed by atoms with van der Waals surface area (Å²) in [5, 5.41) is 10.1. The molecule has 0 saturated carbocycles. The van der Waals surface area contributed by atoms with Crippen LogP contribution >= 0.6 is 11.3 Å². The molecule has 260 valence electrons. The quantitative estimate of drug-likeness (QED) is 0.169. The van der Waals surface area contributed by atoms with Crippen LogP contribution in [0.1, 0.15) is 11.1 Å². The second-order valence-electron chi connectivity index (χ2n) is 14.7. The van der Waals surface area contributed by atoms with Gasteiger partial charge in [0.25, 0.3) is 0 Å². The molecule has 12 rings (SSSR count). The lowest BCUT2D eigenvalue weighted by Crippen LogP contribution is -2.00. The van der Waals surface area contributed by atoms with Crippen molar-refractivity contribution in [1.82, 2.24) is 15.0 Å². The summed E-state index contributed by atoms with van der Waals surface area (Å²) in [5.41, 5.74) is 10.5. The molecule has 0 amide bonds. The Labute approximate surface area is 327 Å². The summed E-state index contributed by atoms with van der Waals surface area (Å²) in [6.45, 7) is 0. The number of hydrogen-bond donors (Lipinski definition) is 0. The van der Waals surface area contributed by atoms with E-state index in [2.05, 4.69) is 158 Å². The van der Waals surface area contributed by atoms with Crippen molar-refractivity contribution in [2.45, 2.75) is 6.42 Å². The molecule has 4 heteroatoms. The van der Waals surface area contributed by atoms with Crippen LogP contribution in [0.5, 0.6) is 0 Å². The number of nitrogens with zero attached hydrogens (tertiary/aromatic N) is 3. The highest BCUT2D eigenvalue weighted by atomic mass is 32.1. The summed E-state index contributed by atoms with van der Waals surface area (Å²) in [4.78, 5) is 15.6. The molecule has 0 aliphatic heterocycles. The predicted octanol–water partition coefficient (Wildman–Crippen LogP) is 13.9. The van der Waals surface area contributed by atoms with Crippen LogP contribution in [0.15, 0.2) is 176 Å². The van der Waals surface area contributed by atoms with Gasteiger partial charge in [-0.05, 0) is 102 Å². The molecule has 56 heavy (non-hydrogen) atoms. The van der Waals surface area contributed by atoms with Gasteiger partial charge in [0.1, 0.15) is 0 Å². The van der Waals surface area contributed by atoms with E-state index in [1.54, 1.807) is 0 Å². The summed E-state index contributed by atoms with van der Waals surface area (Å²) in [5.74, 6) is 2.00. The third-order valence-corrected chi connectivity index (χ3v) is 12.6. The van der Waals surface area contributed by atoms with Gasteiger partial charge in [-0.25, -0.2) is 15.0 Å². The van der Waals surface area contributed by atoms with Crippen LogP contribution < -0.4 is 0 Å². The Morgan fingerprint density at radius 2 is 0.893 bits per heavy atom. The standard InChI is InChI=1S/C52H31N3S/c1-2-12-31(13-3-1)50-53-51(34-23-24-38-35(27-34)26-32-14-4-5-15-37(32)38)55-52(54-50)36-29-45(49-44-20-10-11-21-47(44)56-48(49)30-36)33-22-25-43-41-18-7-6-16-39(41)40-17-8-9-19-42(40)46(43)28-33/h1-25,27-30H,26H2. The fraction of sp³-hybridized carbons (Fsp3) is 0.0192. The van der Waals surface area contributed by atoms with E-state index in [9.17, 15) is 0 Å². The van der Waals surface area contributed by atoms with Crippen LogP contribution in [0.3, 0.4) is 0 Å². The van der Waals surface area contributed by atoms with Gasteiger partial charge < -0.3 is 0 Å². The molecule has 0 N–H and O–H groups in total. The second kappa shape index (κ2) is 12.3. The monoisotopic (exact) mass is 729 g/mol. The zero-order valence-corrected chi connectivity index (χ0v) is 31.0. The highest BCUT2D eigenvalue weighted by Gasteiger charge is 2.21. The van der Waals surface area contributed by atoms with Gasteiger partial charge in [-0.1, -0.05) is 146 Å². The van der Waals surface area contributed by atoms with Crippen LogP contribution in [0, 0.1) is 0 Å². The van der Waals surface area contributed by atoms with Crippen molar-refractivity contribution in [3.05, 3.63) is 187 Å². The minimum atomic E-state index is 0.662. The lowest BCUT2D eigenvalue weighted by Gasteiger charge is -2.14. The Balaban J connectivity index is 1.10. The Hall–Kier alpha value is -7.01. The van der Waals surface area contributed by atoms with Crippen LogP contribution in [-0.4, -0.2) is 15.0 Å². The Morgan fingerprint density at radius 1 is 0.321 bits per heavy atom. The first kappa shape index (κ1) is 31.4. The van der Waals surface area contributed by atoms with Gasteiger partial charge in [-0.3, -0.25) is 0 Å². The summed E-state index contributed by atoms with van der Waals surface area (Å²) < 4.78 is 2.47. The van der Waals surface area contributed by atoms with Gasteiger partial charge in [0, 0.05) is 36.9 Å². The highest BCUT2D eigenvalue weighted by Crippen LogP contribution is 2.45. The van der Waals surface area contributed by atoms with Crippen molar-refractivity contribution in [3.63, 3.8) is 0 Å². The van der Waals surface area contributed by atoms with Gasteiger partial charge in [-0.15, -0.1) is 11.3 Å². The Bertz CT molecular complexity index is 3360. The zero-order valence-electron chi connectivity index (χ0n) is 30.2. The van der Waals surface area contributed by atoms with Crippen LogP contribution in [-0.2, 0) is 6.42 Å². The van der Waals surface area contributed by atoms with E-state index in [0.29, 0.717) is 17.5 Å². The van der Waals surface area contributed by atoms with Crippen molar-refractivity contribution < 1.29 is 0 Å². The van der Waals surface area contributed by atoms with E-state index in [1.807, 2.05) is 29.5 Å². The Morgan fingerprint density at radius 3 is 1.66 bits per heavy atom. The molecule has 0 atom stereocenters. The fourth-order valence-electron chi connectivity index (χ4n) is 8.92. The average molecular weight is 730 g/mol. The molecule has 9 aromatic carbocycles. The van der Waals surface area contributed by atoms with E-state index in [0.717, 1.165) is 23.1 Å². The third kappa shape index (κ3) is 4.86. The molecule has 0 saturated heterocycles. The van der Waals surface area contributed by atoms with Crippen molar-refractivity contribution in [3.8, 4) is 56.4 Å². The predicted molar refractivity (Wildman–Crippen MR) is 235 cm³/mol. The molecular weight excluding hydrogens is 699 g/mol. The summed E-state index contributed by atoms with van der Waals surface area (Å²) >= 11 is 1.82. The van der Waals surface area contributed by atoms with Gasteiger partial charge >= 0.3 is 0 Å². The fourth-order valence-corrected chi connectivity index (χ4v) is 10.1. The molecule has 0 unspecified atom stereocenters. The maximum absolute atomic E-state index is 5.28. The Kier molecular flexibility index (Phi) is 6.86. The molecule has 0 radical (unpaired) electrons. The number of thiophene rings is 1. The number of aromatic nitrogens is 3. The van der Waals surface area contributed by atoms with E-state index >= 15 is 0 Å². The lowest BCUT2D eigenvalue weighted by molar-refractivity contribution is 1.07. The first-order chi connectivity index (χ1) is 27.7. The van der Waals surface area contributed by atoms with Crippen molar-refractivity contribution in [2.75, 3.05) is 0 Å². The summed E-state index contributed by atoms with van der Waals surface area (Å²) in [6.07, 6.45) is 0.908. The SMILES string of the molecule is c1ccc(-c2nc(-c3ccc4c(c3)Cc3ccccc3-4)nc(-c3cc(-c4ccc5c6ccccc6c6ccccc6c5c4)c4c(c3)sc3ccccc34)n2)cc1. The third-order valence-electron chi connectivity index (χ3n) is 11.5. The first-order valence-corrected chi connectivity index (χ1v) is 19.9. The average Bonchev–Trinajstić information content (AvgIpc) is 3.84. The highest BCUT2D eigenvalue weighted by molar-refractivity contribution is 7.26. The van der Waals surface area contributed by atoms with Crippen molar-refractivity contribution >= 4 is 63.8 Å². The largest absolute Gasteiger partial charge is 0.208 e. The maximum atomic E-state index is 5.28. The minimum Gasteiger partial charge on any atom is -0.208 e. The molecule has 0 bridgehead atoms. The first-order valence-electron chi connectivity index (χ1n) is 19.1. The number of hydrogen-bond acceptors (Lipinski definition) is 4. The summed E-state index contributed by atoms with van der Waals surface area (Å²) in [6, 6.07) is 63.5. The van der Waals surface area contributed by atoms with E-state index in [1.165, 1.54) is 85.9 Å². The van der Waals surface area contributed by atoms with Crippen molar-refractivity contribution in [1.29, 1.82) is 0 Å². The van der Waals surface area contributed by atoms with Gasteiger partial charge in [0.15, 0.2) is 17.5 Å².